The van der Waals surface area contributed by atoms with Crippen LogP contribution in [0.25, 0.3) is 0 Å². The van der Waals surface area contributed by atoms with E-state index in [4.69, 9.17) is 21.1 Å². The summed E-state index contributed by atoms with van der Waals surface area (Å²) in [6, 6.07) is 0. The van der Waals surface area contributed by atoms with Crippen LogP contribution in [-0.4, -0.2) is 25.4 Å². The van der Waals surface area contributed by atoms with Crippen LogP contribution in [0.1, 0.15) is 13.8 Å². The van der Waals surface area contributed by atoms with Gasteiger partial charge in [0.2, 0.25) is 0 Å². The smallest absolute Gasteiger partial charge is 0.173 e. The highest BCUT2D eigenvalue weighted by Gasteiger charge is 2.04. The molecule has 3 nitrogen and oxygen atoms in total. The molecule has 0 saturated carbocycles. The van der Waals surface area contributed by atoms with Crippen molar-refractivity contribution in [1.82, 2.24) is 0 Å². The summed E-state index contributed by atoms with van der Waals surface area (Å²) >= 11 is 5.42. The van der Waals surface area contributed by atoms with E-state index in [1.165, 1.54) is 7.11 Å². The monoisotopic (exact) mass is 244 g/mol. The third-order valence-electron chi connectivity index (χ3n) is 1.86. The predicted octanol–water partition coefficient (Wildman–Crippen LogP) is 2.82. The number of methoxy groups -OCH3 is 1. The third kappa shape index (κ3) is 5.03. The molecule has 0 spiro atoms. The summed E-state index contributed by atoms with van der Waals surface area (Å²) in [6.07, 6.45) is 3.27. The van der Waals surface area contributed by atoms with Gasteiger partial charge in [0, 0.05) is 0 Å². The molecule has 0 N–H and O–H groups in total. The molecule has 0 amide bonds. The molecule has 0 heterocycles. The minimum Gasteiger partial charge on any atom is -0.493 e. The summed E-state index contributed by atoms with van der Waals surface area (Å²) < 4.78 is 10.3. The fourth-order valence-corrected chi connectivity index (χ4v) is 1.13. The van der Waals surface area contributed by atoms with Crippen molar-refractivity contribution in [3.05, 3.63) is 35.8 Å². The van der Waals surface area contributed by atoms with Gasteiger partial charge < -0.3 is 9.47 Å². The van der Waals surface area contributed by atoms with E-state index in [0.717, 1.165) is 0 Å². The van der Waals surface area contributed by atoms with Crippen LogP contribution in [0.3, 0.4) is 0 Å². The highest BCUT2D eigenvalue weighted by Crippen LogP contribution is 2.11. The van der Waals surface area contributed by atoms with E-state index in [0.29, 0.717) is 23.7 Å². The number of ether oxygens (including phenoxy) is 2. The second-order valence-electron chi connectivity index (χ2n) is 3.00. The summed E-state index contributed by atoms with van der Waals surface area (Å²) in [4.78, 5) is 11.2. The Morgan fingerprint density at radius 1 is 1.44 bits per heavy atom. The molecule has 0 aromatic heterocycles. The summed E-state index contributed by atoms with van der Waals surface area (Å²) in [5.74, 6) is 0.789. The van der Waals surface area contributed by atoms with Gasteiger partial charge in [0.25, 0.3) is 0 Å². The Morgan fingerprint density at radius 3 is 2.50 bits per heavy atom. The Balaban J connectivity index is 4.71. The van der Waals surface area contributed by atoms with E-state index in [1.54, 1.807) is 19.1 Å². The van der Waals surface area contributed by atoms with Crippen molar-refractivity contribution in [3.8, 4) is 0 Å². The lowest BCUT2D eigenvalue weighted by Crippen LogP contribution is -2.00. The van der Waals surface area contributed by atoms with Crippen LogP contribution in [0.4, 0.5) is 0 Å². The Morgan fingerprint density at radius 2 is 2.06 bits per heavy atom. The largest absolute Gasteiger partial charge is 0.493 e. The van der Waals surface area contributed by atoms with Gasteiger partial charge in [-0.2, -0.15) is 0 Å². The summed E-state index contributed by atoms with van der Waals surface area (Å²) in [7, 11) is 1.52. The molecule has 0 saturated heterocycles. The number of allylic oxidation sites excluding steroid dienone is 3. The molecule has 0 aliphatic heterocycles. The fraction of sp³-hybridized carbons (Fsp3) is 0.417. The van der Waals surface area contributed by atoms with Crippen LogP contribution >= 0.6 is 11.6 Å². The van der Waals surface area contributed by atoms with E-state index in [2.05, 4.69) is 6.58 Å². The van der Waals surface area contributed by atoms with Gasteiger partial charge in [-0.25, -0.2) is 0 Å². The van der Waals surface area contributed by atoms with Crippen molar-refractivity contribution in [2.45, 2.75) is 13.8 Å². The first-order valence-electron chi connectivity index (χ1n) is 4.90. The molecule has 16 heavy (non-hydrogen) atoms. The van der Waals surface area contributed by atoms with Crippen LogP contribution in [0.5, 0.6) is 0 Å². The van der Waals surface area contributed by atoms with Crippen molar-refractivity contribution >= 4 is 17.4 Å². The average Bonchev–Trinajstić information content (AvgIpc) is 2.28. The van der Waals surface area contributed by atoms with Crippen molar-refractivity contribution < 1.29 is 14.3 Å². The van der Waals surface area contributed by atoms with Crippen molar-refractivity contribution in [2.75, 3.05) is 19.6 Å². The number of Topliss-reactive ketones (excluding diaryl/α,β-unsaturated/α-hetero) is 1. The normalized spacial score (nSPS) is 12.2. The first-order chi connectivity index (χ1) is 7.56. The van der Waals surface area contributed by atoms with E-state index in [1.807, 2.05) is 6.92 Å². The first-order valence-corrected chi connectivity index (χ1v) is 5.44. The van der Waals surface area contributed by atoms with Crippen LogP contribution in [0.15, 0.2) is 35.8 Å². The van der Waals surface area contributed by atoms with E-state index in [-0.39, 0.29) is 11.7 Å². The Bertz CT molecular complexity index is 316. The highest BCUT2D eigenvalue weighted by molar-refractivity contribution is 6.30. The molecular formula is C12H17ClO3. The second kappa shape index (κ2) is 7.99. The molecule has 0 fully saturated rings. The van der Waals surface area contributed by atoms with Gasteiger partial charge in [-0.15, -0.1) is 11.6 Å². The predicted molar refractivity (Wildman–Crippen MR) is 65.3 cm³/mol. The molecule has 0 rings (SSSR count). The molecule has 0 aliphatic rings. The zero-order chi connectivity index (χ0) is 12.6. The second-order valence-corrected chi connectivity index (χ2v) is 3.26. The van der Waals surface area contributed by atoms with Gasteiger partial charge >= 0.3 is 0 Å². The van der Waals surface area contributed by atoms with E-state index >= 15 is 0 Å². The molecule has 0 aromatic rings. The third-order valence-corrected chi connectivity index (χ3v) is 2.10. The van der Waals surface area contributed by atoms with Gasteiger partial charge in [-0.1, -0.05) is 12.7 Å². The van der Waals surface area contributed by atoms with Crippen LogP contribution in [0, 0.1) is 0 Å². The SMILES string of the molecule is C=C(OCC)/C(=C\C=C(/C)C(=O)CCl)OC. The van der Waals surface area contributed by atoms with Crippen molar-refractivity contribution in [1.29, 1.82) is 0 Å². The maximum absolute atomic E-state index is 11.2. The molecule has 0 radical (unpaired) electrons. The number of carbonyl (C=O) groups excluding carboxylic acids is 1. The van der Waals surface area contributed by atoms with Gasteiger partial charge in [0.05, 0.1) is 19.6 Å². The standard InChI is InChI=1S/C12H17ClO3/c1-5-16-10(3)12(15-4)7-6-9(2)11(14)8-13/h6-7H,3,5,8H2,1-2,4H3/b9-6+,12-7+. The lowest BCUT2D eigenvalue weighted by molar-refractivity contribution is -0.113. The molecule has 4 heteroatoms. The average molecular weight is 245 g/mol. The van der Waals surface area contributed by atoms with Crippen LogP contribution < -0.4 is 0 Å². The molecule has 0 unspecified atom stereocenters. The number of hydrogen-bond donors (Lipinski definition) is 0. The summed E-state index contributed by atoms with van der Waals surface area (Å²) in [5, 5.41) is 0. The summed E-state index contributed by atoms with van der Waals surface area (Å²) in [6.45, 7) is 7.77. The maximum Gasteiger partial charge on any atom is 0.173 e. The Kier molecular flexibility index (Phi) is 7.38. The van der Waals surface area contributed by atoms with Crippen molar-refractivity contribution in [2.24, 2.45) is 0 Å². The zero-order valence-corrected chi connectivity index (χ0v) is 10.6. The van der Waals surface area contributed by atoms with Crippen molar-refractivity contribution in [3.63, 3.8) is 0 Å². The first kappa shape index (κ1) is 14.8. The number of rotatable bonds is 7. The minimum atomic E-state index is -0.115. The van der Waals surface area contributed by atoms with E-state index < -0.39 is 0 Å². The number of halogens is 1. The van der Waals surface area contributed by atoms with Crippen LogP contribution in [0.2, 0.25) is 0 Å². The number of alkyl halides is 1. The van der Waals surface area contributed by atoms with Gasteiger partial charge in [0.1, 0.15) is 0 Å². The number of ketones is 1. The van der Waals surface area contributed by atoms with E-state index in [9.17, 15) is 4.79 Å². The highest BCUT2D eigenvalue weighted by atomic mass is 35.5. The number of carbonyl (C=O) groups is 1. The molecule has 0 atom stereocenters. The molecular weight excluding hydrogens is 228 g/mol. The zero-order valence-electron chi connectivity index (χ0n) is 9.88. The molecule has 0 bridgehead atoms. The lowest BCUT2D eigenvalue weighted by atomic mass is 10.2. The molecule has 90 valence electrons. The number of hydrogen-bond acceptors (Lipinski definition) is 3. The Labute approximate surface area is 101 Å². The minimum absolute atomic E-state index is 0.0229. The lowest BCUT2D eigenvalue weighted by Gasteiger charge is -2.09. The fourth-order valence-electron chi connectivity index (χ4n) is 0.919. The van der Waals surface area contributed by atoms with Gasteiger partial charge in [-0.05, 0) is 25.5 Å². The van der Waals surface area contributed by atoms with Gasteiger partial charge in [-0.3, -0.25) is 4.79 Å². The molecule has 0 aliphatic carbocycles. The summed E-state index contributed by atoms with van der Waals surface area (Å²) in [5.41, 5.74) is 0.564. The maximum atomic E-state index is 11.2. The Hall–Kier alpha value is -1.22. The van der Waals surface area contributed by atoms with Gasteiger partial charge in [0.15, 0.2) is 17.3 Å². The van der Waals surface area contributed by atoms with Crippen LogP contribution in [-0.2, 0) is 14.3 Å². The molecule has 0 aromatic carbocycles. The quantitative estimate of drug-likeness (QED) is 0.299. The topological polar surface area (TPSA) is 35.5 Å².